The number of hydrogen-bond acceptors (Lipinski definition) is 4. The molecular formula is C15H15N3O2. The zero-order valence-corrected chi connectivity index (χ0v) is 11.2. The summed E-state index contributed by atoms with van der Waals surface area (Å²) in [5.41, 5.74) is 3.41. The van der Waals surface area contributed by atoms with Gasteiger partial charge in [0, 0.05) is 30.6 Å². The molecule has 0 aliphatic carbocycles. The number of rotatable bonds is 4. The van der Waals surface area contributed by atoms with Crippen molar-refractivity contribution < 1.29 is 9.63 Å². The third-order valence-electron chi connectivity index (χ3n) is 3.28. The SMILES string of the molecule is CCc1cc(-c2cc(O)no2)ccc1Cn1ccnc1. The molecule has 0 aliphatic heterocycles. The number of hydrogen-bond donors (Lipinski definition) is 1. The molecule has 0 bridgehead atoms. The molecule has 5 heteroatoms. The molecule has 3 rings (SSSR count). The van der Waals surface area contributed by atoms with Crippen LogP contribution < -0.4 is 0 Å². The van der Waals surface area contributed by atoms with E-state index in [9.17, 15) is 5.11 Å². The topological polar surface area (TPSA) is 64.1 Å². The minimum Gasteiger partial charge on any atom is -0.491 e. The van der Waals surface area contributed by atoms with Crippen LogP contribution >= 0.6 is 0 Å². The highest BCUT2D eigenvalue weighted by Gasteiger charge is 2.09. The van der Waals surface area contributed by atoms with Gasteiger partial charge in [-0.3, -0.25) is 0 Å². The molecule has 0 atom stereocenters. The van der Waals surface area contributed by atoms with E-state index in [0.29, 0.717) is 5.76 Å². The Morgan fingerprint density at radius 1 is 1.25 bits per heavy atom. The van der Waals surface area contributed by atoms with Crippen LogP contribution in [0.2, 0.25) is 0 Å². The number of imidazole rings is 1. The number of nitrogens with zero attached hydrogens (tertiary/aromatic N) is 3. The van der Waals surface area contributed by atoms with Crippen LogP contribution in [0.15, 0.2) is 47.5 Å². The molecule has 0 unspecified atom stereocenters. The molecular weight excluding hydrogens is 254 g/mol. The van der Waals surface area contributed by atoms with Crippen molar-refractivity contribution in [3.8, 4) is 17.2 Å². The second kappa shape index (κ2) is 5.21. The van der Waals surface area contributed by atoms with Gasteiger partial charge in [0.2, 0.25) is 0 Å². The lowest BCUT2D eigenvalue weighted by atomic mass is 10.0. The summed E-state index contributed by atoms with van der Waals surface area (Å²) in [6.45, 7) is 2.92. The monoisotopic (exact) mass is 269 g/mol. The van der Waals surface area contributed by atoms with E-state index < -0.39 is 0 Å². The highest BCUT2D eigenvalue weighted by molar-refractivity contribution is 5.60. The first-order chi connectivity index (χ1) is 9.76. The fraction of sp³-hybridized carbons (Fsp3) is 0.200. The van der Waals surface area contributed by atoms with Crippen LogP contribution in [0.3, 0.4) is 0 Å². The maximum atomic E-state index is 9.25. The van der Waals surface area contributed by atoms with E-state index in [1.165, 1.54) is 17.2 Å². The quantitative estimate of drug-likeness (QED) is 0.791. The standard InChI is InChI=1S/C15H15N3O2/c1-2-11-7-12(14-8-15(19)17-20-14)3-4-13(11)9-18-6-5-16-10-18/h3-8,10H,2,9H2,1H3,(H,17,19). The second-order valence-corrected chi connectivity index (χ2v) is 4.62. The summed E-state index contributed by atoms with van der Waals surface area (Å²) in [4.78, 5) is 4.05. The molecule has 0 saturated heterocycles. The summed E-state index contributed by atoms with van der Waals surface area (Å²) < 4.78 is 7.12. The van der Waals surface area contributed by atoms with Gasteiger partial charge in [0.15, 0.2) is 5.76 Å². The second-order valence-electron chi connectivity index (χ2n) is 4.62. The summed E-state index contributed by atoms with van der Waals surface area (Å²) in [6, 6.07) is 7.65. The Morgan fingerprint density at radius 2 is 2.15 bits per heavy atom. The van der Waals surface area contributed by atoms with Crippen molar-refractivity contribution in [1.82, 2.24) is 14.7 Å². The predicted octanol–water partition coefficient (Wildman–Crippen LogP) is 2.85. The van der Waals surface area contributed by atoms with Crippen LogP contribution in [0, 0.1) is 0 Å². The zero-order chi connectivity index (χ0) is 13.9. The van der Waals surface area contributed by atoms with E-state index in [4.69, 9.17) is 4.52 Å². The summed E-state index contributed by atoms with van der Waals surface area (Å²) in [5, 5.41) is 12.8. The Hall–Kier alpha value is -2.56. The van der Waals surface area contributed by atoms with E-state index in [0.717, 1.165) is 18.5 Å². The average molecular weight is 269 g/mol. The van der Waals surface area contributed by atoms with Gasteiger partial charge >= 0.3 is 0 Å². The normalized spacial score (nSPS) is 10.8. The molecule has 0 saturated carbocycles. The van der Waals surface area contributed by atoms with Crippen molar-refractivity contribution in [1.29, 1.82) is 0 Å². The summed E-state index contributed by atoms with van der Waals surface area (Å²) >= 11 is 0. The van der Waals surface area contributed by atoms with Crippen LogP contribution in [-0.2, 0) is 13.0 Å². The Kier molecular flexibility index (Phi) is 3.25. The van der Waals surface area contributed by atoms with Crippen LogP contribution in [0.1, 0.15) is 18.1 Å². The molecule has 0 spiro atoms. The molecule has 0 amide bonds. The Bertz CT molecular complexity index is 702. The molecule has 2 heterocycles. The van der Waals surface area contributed by atoms with Crippen LogP contribution in [0.4, 0.5) is 0 Å². The number of benzene rings is 1. The van der Waals surface area contributed by atoms with Crippen LogP contribution in [0.5, 0.6) is 5.88 Å². The minimum atomic E-state index is -0.0967. The first-order valence-corrected chi connectivity index (χ1v) is 6.50. The maximum Gasteiger partial charge on any atom is 0.252 e. The van der Waals surface area contributed by atoms with Gasteiger partial charge in [0.1, 0.15) is 0 Å². The number of aromatic hydroxyl groups is 1. The molecule has 0 fully saturated rings. The molecule has 5 nitrogen and oxygen atoms in total. The van der Waals surface area contributed by atoms with Crippen molar-refractivity contribution in [2.24, 2.45) is 0 Å². The summed E-state index contributed by atoms with van der Waals surface area (Å²) in [7, 11) is 0. The van der Waals surface area contributed by atoms with Crippen LogP contribution in [0.25, 0.3) is 11.3 Å². The van der Waals surface area contributed by atoms with Crippen molar-refractivity contribution in [2.45, 2.75) is 19.9 Å². The Balaban J connectivity index is 1.93. The first-order valence-electron chi connectivity index (χ1n) is 6.50. The van der Waals surface area contributed by atoms with Crippen molar-refractivity contribution in [3.05, 3.63) is 54.1 Å². The van der Waals surface area contributed by atoms with E-state index in [-0.39, 0.29) is 5.88 Å². The van der Waals surface area contributed by atoms with Gasteiger partial charge in [0.05, 0.1) is 6.33 Å². The van der Waals surface area contributed by atoms with Gasteiger partial charge in [0.25, 0.3) is 5.88 Å². The lowest BCUT2D eigenvalue weighted by molar-refractivity contribution is 0.365. The highest BCUT2D eigenvalue weighted by atomic mass is 16.5. The lowest BCUT2D eigenvalue weighted by Crippen LogP contribution is -2.00. The first kappa shape index (κ1) is 12.5. The molecule has 3 aromatic rings. The van der Waals surface area contributed by atoms with E-state index in [1.54, 1.807) is 6.20 Å². The van der Waals surface area contributed by atoms with Gasteiger partial charge < -0.3 is 14.2 Å². The Morgan fingerprint density at radius 3 is 2.80 bits per heavy atom. The van der Waals surface area contributed by atoms with Gasteiger partial charge in [-0.1, -0.05) is 19.1 Å². The van der Waals surface area contributed by atoms with E-state index in [1.807, 2.05) is 23.2 Å². The zero-order valence-electron chi connectivity index (χ0n) is 11.2. The Labute approximate surface area is 116 Å². The number of aryl methyl sites for hydroxylation is 1. The highest BCUT2D eigenvalue weighted by Crippen LogP contribution is 2.26. The minimum absolute atomic E-state index is 0.0967. The van der Waals surface area contributed by atoms with Crippen molar-refractivity contribution >= 4 is 0 Å². The van der Waals surface area contributed by atoms with Crippen molar-refractivity contribution in [3.63, 3.8) is 0 Å². The smallest absolute Gasteiger partial charge is 0.252 e. The van der Waals surface area contributed by atoms with Gasteiger partial charge in [-0.2, -0.15) is 0 Å². The summed E-state index contributed by atoms with van der Waals surface area (Å²) in [6.07, 6.45) is 6.46. The molecule has 1 N–H and O–H groups in total. The predicted molar refractivity (Wildman–Crippen MR) is 74.3 cm³/mol. The fourth-order valence-corrected chi connectivity index (χ4v) is 2.24. The molecule has 102 valence electrons. The molecule has 0 aliphatic rings. The van der Waals surface area contributed by atoms with Gasteiger partial charge in [-0.15, -0.1) is 0 Å². The van der Waals surface area contributed by atoms with Gasteiger partial charge in [-0.25, -0.2) is 4.98 Å². The molecule has 1 aromatic carbocycles. The average Bonchev–Trinajstić information content (AvgIpc) is 3.11. The molecule has 2 aromatic heterocycles. The lowest BCUT2D eigenvalue weighted by Gasteiger charge is -2.10. The molecule has 0 radical (unpaired) electrons. The van der Waals surface area contributed by atoms with Gasteiger partial charge in [-0.05, 0) is 28.8 Å². The van der Waals surface area contributed by atoms with Crippen molar-refractivity contribution in [2.75, 3.05) is 0 Å². The van der Waals surface area contributed by atoms with Crippen LogP contribution in [-0.4, -0.2) is 19.8 Å². The van der Waals surface area contributed by atoms with E-state index >= 15 is 0 Å². The summed E-state index contributed by atoms with van der Waals surface area (Å²) in [5.74, 6) is 0.479. The third-order valence-corrected chi connectivity index (χ3v) is 3.28. The molecule has 20 heavy (non-hydrogen) atoms. The maximum absolute atomic E-state index is 9.25. The number of aromatic nitrogens is 3. The third kappa shape index (κ3) is 2.42. The van der Waals surface area contributed by atoms with E-state index in [2.05, 4.69) is 29.2 Å². The largest absolute Gasteiger partial charge is 0.491 e. The fourth-order valence-electron chi connectivity index (χ4n) is 2.24.